The molecule has 0 fully saturated rings. The van der Waals surface area contributed by atoms with E-state index in [1.807, 2.05) is 47.7 Å². The number of thiophene rings is 1. The monoisotopic (exact) mass is 617 g/mol. The Hall–Kier alpha value is -5.97. The second-order valence-electron chi connectivity index (χ2n) is 11.6. The Bertz CT molecular complexity index is 2480. The van der Waals surface area contributed by atoms with Gasteiger partial charge >= 0.3 is 0 Å². The van der Waals surface area contributed by atoms with E-state index in [0.717, 1.165) is 44.9 Å². The van der Waals surface area contributed by atoms with Gasteiger partial charge in [0, 0.05) is 47.8 Å². The molecule has 3 nitrogen and oxygen atoms in total. The third-order valence-corrected chi connectivity index (χ3v) is 9.90. The van der Waals surface area contributed by atoms with E-state index in [0.29, 0.717) is 5.82 Å². The third-order valence-electron chi connectivity index (χ3n) is 8.69. The van der Waals surface area contributed by atoms with Crippen LogP contribution in [-0.4, -0.2) is 15.0 Å². The van der Waals surface area contributed by atoms with Gasteiger partial charge < -0.3 is 0 Å². The van der Waals surface area contributed by atoms with Crippen molar-refractivity contribution in [3.8, 4) is 56.3 Å². The van der Waals surface area contributed by atoms with Crippen molar-refractivity contribution in [1.82, 2.24) is 15.0 Å². The van der Waals surface area contributed by atoms with Gasteiger partial charge in [-0.05, 0) is 35.4 Å². The van der Waals surface area contributed by atoms with Crippen LogP contribution in [0.5, 0.6) is 0 Å². The maximum atomic E-state index is 5.32. The lowest BCUT2D eigenvalue weighted by atomic mass is 9.98. The van der Waals surface area contributed by atoms with E-state index in [1.165, 1.54) is 36.7 Å². The minimum Gasteiger partial charge on any atom is -0.247 e. The molecule has 0 aliphatic carbocycles. The Balaban J connectivity index is 1.19. The molecule has 9 rings (SSSR count). The minimum absolute atomic E-state index is 0.712. The van der Waals surface area contributed by atoms with Crippen LogP contribution in [0.15, 0.2) is 164 Å². The average Bonchev–Trinajstić information content (AvgIpc) is 3.55. The lowest BCUT2D eigenvalue weighted by Gasteiger charge is -2.11. The second kappa shape index (κ2) is 11.4. The van der Waals surface area contributed by atoms with E-state index in [9.17, 15) is 0 Å². The van der Waals surface area contributed by atoms with Crippen LogP contribution >= 0.6 is 11.3 Å². The van der Waals surface area contributed by atoms with Crippen LogP contribution in [0.1, 0.15) is 0 Å². The molecule has 0 radical (unpaired) electrons. The molecule has 220 valence electrons. The highest BCUT2D eigenvalue weighted by Crippen LogP contribution is 2.43. The summed E-state index contributed by atoms with van der Waals surface area (Å²) in [5.41, 5.74) is 10.4. The number of nitrogens with zero attached hydrogens (tertiary/aromatic N) is 3. The first-order valence-electron chi connectivity index (χ1n) is 15.7. The van der Waals surface area contributed by atoms with Gasteiger partial charge in [-0.2, -0.15) is 0 Å². The van der Waals surface area contributed by atoms with Crippen LogP contribution in [0.2, 0.25) is 0 Å². The highest BCUT2D eigenvalue weighted by molar-refractivity contribution is 7.26. The summed E-state index contributed by atoms with van der Waals surface area (Å²) < 4.78 is 2.53. The van der Waals surface area contributed by atoms with Crippen molar-refractivity contribution in [2.75, 3.05) is 0 Å². The topological polar surface area (TPSA) is 38.7 Å². The van der Waals surface area contributed by atoms with Crippen LogP contribution in [0, 0.1) is 0 Å². The van der Waals surface area contributed by atoms with E-state index in [-0.39, 0.29) is 0 Å². The lowest BCUT2D eigenvalue weighted by Crippen LogP contribution is -1.96. The first-order valence-corrected chi connectivity index (χ1v) is 16.5. The quantitative estimate of drug-likeness (QED) is 0.193. The van der Waals surface area contributed by atoms with Gasteiger partial charge in [-0.25, -0.2) is 15.0 Å². The highest BCUT2D eigenvalue weighted by atomic mass is 32.1. The van der Waals surface area contributed by atoms with Crippen molar-refractivity contribution in [2.24, 2.45) is 0 Å². The van der Waals surface area contributed by atoms with E-state index in [1.54, 1.807) is 0 Å². The van der Waals surface area contributed by atoms with Gasteiger partial charge in [0.1, 0.15) is 0 Å². The number of hydrogen-bond acceptors (Lipinski definition) is 4. The summed E-state index contributed by atoms with van der Waals surface area (Å²) in [6.45, 7) is 0. The Kier molecular flexibility index (Phi) is 6.65. The molecule has 4 heteroatoms. The number of benzene rings is 6. The van der Waals surface area contributed by atoms with Crippen LogP contribution in [0.25, 0.3) is 87.4 Å². The van der Waals surface area contributed by atoms with E-state index < -0.39 is 0 Å². The Morgan fingerprint density at radius 2 is 0.936 bits per heavy atom. The molecule has 0 saturated carbocycles. The molecule has 0 aliphatic rings. The van der Waals surface area contributed by atoms with Crippen LogP contribution in [0.3, 0.4) is 0 Å². The molecule has 0 spiro atoms. The van der Waals surface area contributed by atoms with Crippen molar-refractivity contribution >= 4 is 42.4 Å². The molecular formula is C43H27N3S. The second-order valence-corrected chi connectivity index (χ2v) is 12.7. The van der Waals surface area contributed by atoms with Gasteiger partial charge in [0.15, 0.2) is 5.82 Å². The standard InChI is InChI=1S/C43H27N3S/c1-4-12-28(13-5-1)33-24-25-36-35(26-33)42-40(34-18-10-11-19-39(34)47-42)41(44-36)31-22-20-30(21-23-31)38-27-37(29-14-6-2-7-15-29)45-43(46-38)32-16-8-3-9-17-32/h1-27H. The van der Waals surface area contributed by atoms with Crippen LogP contribution < -0.4 is 0 Å². The summed E-state index contributed by atoms with van der Waals surface area (Å²) in [5.74, 6) is 0.712. The summed E-state index contributed by atoms with van der Waals surface area (Å²) in [7, 11) is 0. The zero-order valence-corrected chi connectivity index (χ0v) is 26.2. The molecule has 0 amide bonds. The van der Waals surface area contributed by atoms with Gasteiger partial charge in [0.05, 0.1) is 22.6 Å². The summed E-state index contributed by atoms with van der Waals surface area (Å²) in [6, 6.07) is 57.1. The highest BCUT2D eigenvalue weighted by Gasteiger charge is 2.17. The summed E-state index contributed by atoms with van der Waals surface area (Å²) in [5, 5.41) is 3.63. The van der Waals surface area contributed by atoms with Gasteiger partial charge in [-0.1, -0.05) is 140 Å². The average molecular weight is 618 g/mol. The fourth-order valence-corrected chi connectivity index (χ4v) is 7.58. The molecule has 9 aromatic rings. The van der Waals surface area contributed by atoms with Gasteiger partial charge in [-0.15, -0.1) is 11.3 Å². The number of rotatable bonds is 5. The Morgan fingerprint density at radius 1 is 0.383 bits per heavy atom. The fraction of sp³-hybridized carbons (Fsp3) is 0. The molecular weight excluding hydrogens is 591 g/mol. The molecule has 0 atom stereocenters. The molecule has 0 bridgehead atoms. The third kappa shape index (κ3) is 4.96. The largest absolute Gasteiger partial charge is 0.247 e. The van der Waals surface area contributed by atoms with Crippen molar-refractivity contribution in [1.29, 1.82) is 0 Å². The zero-order valence-electron chi connectivity index (χ0n) is 25.3. The maximum absolute atomic E-state index is 5.32. The van der Waals surface area contributed by atoms with Crippen molar-refractivity contribution in [3.05, 3.63) is 164 Å². The molecule has 0 aliphatic heterocycles. The van der Waals surface area contributed by atoms with Crippen LogP contribution in [-0.2, 0) is 0 Å². The van der Waals surface area contributed by atoms with Gasteiger partial charge in [0.25, 0.3) is 0 Å². The minimum atomic E-state index is 0.712. The van der Waals surface area contributed by atoms with Crippen LogP contribution in [0.4, 0.5) is 0 Å². The molecule has 47 heavy (non-hydrogen) atoms. The molecule has 0 saturated heterocycles. The Labute approximate surface area is 276 Å². The van der Waals surface area contributed by atoms with Crippen molar-refractivity contribution in [2.45, 2.75) is 0 Å². The predicted molar refractivity (Wildman–Crippen MR) is 197 cm³/mol. The smallest absolute Gasteiger partial charge is 0.160 e. The maximum Gasteiger partial charge on any atom is 0.160 e. The lowest BCUT2D eigenvalue weighted by molar-refractivity contribution is 1.18. The van der Waals surface area contributed by atoms with E-state index in [2.05, 4.69) is 127 Å². The van der Waals surface area contributed by atoms with Crippen molar-refractivity contribution < 1.29 is 0 Å². The first-order chi connectivity index (χ1) is 23.3. The number of aromatic nitrogens is 3. The van der Waals surface area contributed by atoms with E-state index >= 15 is 0 Å². The Morgan fingerprint density at radius 3 is 1.64 bits per heavy atom. The number of hydrogen-bond donors (Lipinski definition) is 0. The molecule has 0 unspecified atom stereocenters. The molecule has 6 aromatic carbocycles. The molecule has 0 N–H and O–H groups in total. The van der Waals surface area contributed by atoms with Gasteiger partial charge in [0.2, 0.25) is 0 Å². The summed E-state index contributed by atoms with van der Waals surface area (Å²) in [4.78, 5) is 15.3. The number of fused-ring (bicyclic) bond motifs is 5. The fourth-order valence-electron chi connectivity index (χ4n) is 6.35. The number of pyridine rings is 1. The predicted octanol–water partition coefficient (Wildman–Crippen LogP) is 11.7. The van der Waals surface area contributed by atoms with Crippen molar-refractivity contribution in [3.63, 3.8) is 0 Å². The zero-order chi connectivity index (χ0) is 31.2. The van der Waals surface area contributed by atoms with E-state index in [4.69, 9.17) is 15.0 Å². The SMILES string of the molecule is c1ccc(-c2ccc3nc(-c4ccc(-c5cc(-c6ccccc6)nc(-c6ccccc6)n5)cc4)c4c5ccccc5sc4c3c2)cc1. The first kappa shape index (κ1) is 27.3. The summed E-state index contributed by atoms with van der Waals surface area (Å²) >= 11 is 1.85. The molecule has 3 heterocycles. The normalized spacial score (nSPS) is 11.4. The van der Waals surface area contributed by atoms with Gasteiger partial charge in [-0.3, -0.25) is 0 Å². The summed E-state index contributed by atoms with van der Waals surface area (Å²) in [6.07, 6.45) is 0. The molecule has 3 aromatic heterocycles.